The Hall–Kier alpha value is -1.24. The molecule has 1 fully saturated rings. The van der Waals surface area contributed by atoms with Crippen LogP contribution in [-0.2, 0) is 4.74 Å². The molecule has 6 heteroatoms. The van der Waals surface area contributed by atoms with Gasteiger partial charge in [-0.2, -0.15) is 0 Å². The van der Waals surface area contributed by atoms with E-state index in [9.17, 15) is 9.59 Å². The number of carbonyl (C=O) groups is 2. The first-order valence-corrected chi connectivity index (χ1v) is 7.92. The maximum absolute atomic E-state index is 12.3. The quantitative estimate of drug-likeness (QED) is 0.842. The molecule has 0 spiro atoms. The van der Waals surface area contributed by atoms with Crippen LogP contribution in [0.5, 0.6) is 0 Å². The first-order valence-electron chi connectivity index (χ1n) is 7.10. The highest BCUT2D eigenvalue weighted by Crippen LogP contribution is 2.19. The van der Waals surface area contributed by atoms with E-state index < -0.39 is 0 Å². The number of nitrogens with one attached hydrogen (secondary N) is 1. The number of thiophene rings is 1. The molecule has 2 atom stereocenters. The molecule has 0 bridgehead atoms. The van der Waals surface area contributed by atoms with Gasteiger partial charge < -0.3 is 10.1 Å². The summed E-state index contributed by atoms with van der Waals surface area (Å²) in [4.78, 5) is 27.0. The van der Waals surface area contributed by atoms with E-state index in [1.165, 1.54) is 18.3 Å². The predicted octanol–water partition coefficient (Wildman–Crippen LogP) is 1.79. The predicted molar refractivity (Wildman–Crippen MR) is 83.1 cm³/mol. The summed E-state index contributed by atoms with van der Waals surface area (Å²) in [6.45, 7) is 7.38. The van der Waals surface area contributed by atoms with Gasteiger partial charge in [-0.3, -0.25) is 14.5 Å². The third kappa shape index (κ3) is 3.70. The van der Waals surface area contributed by atoms with Crippen molar-refractivity contribution in [2.75, 3.05) is 20.2 Å². The van der Waals surface area contributed by atoms with E-state index in [0.29, 0.717) is 15.8 Å². The summed E-state index contributed by atoms with van der Waals surface area (Å²) in [5.41, 5.74) is 0. The van der Waals surface area contributed by atoms with Crippen molar-refractivity contribution in [1.82, 2.24) is 10.2 Å². The highest BCUT2D eigenvalue weighted by Gasteiger charge is 2.35. The zero-order valence-corrected chi connectivity index (χ0v) is 13.7. The molecular weight excluding hydrogens is 288 g/mol. The molecule has 1 amide bonds. The van der Waals surface area contributed by atoms with E-state index >= 15 is 0 Å². The van der Waals surface area contributed by atoms with Crippen molar-refractivity contribution in [3.63, 3.8) is 0 Å². The zero-order chi connectivity index (χ0) is 15.6. The molecule has 1 aromatic rings. The molecule has 1 N–H and O–H groups in total. The average molecular weight is 310 g/mol. The number of likely N-dealkylation sites (tertiary alicyclic amines) is 1. The zero-order valence-electron chi connectivity index (χ0n) is 12.9. The Labute approximate surface area is 129 Å². The smallest absolute Gasteiger partial charge is 0.261 e. The SMILES string of the molecule is CO[C@H]1CN(C(C)C)C[C@@H]1NC(=O)c1ccc(C(C)=O)s1. The normalized spacial score (nSPS) is 22.7. The molecule has 116 valence electrons. The van der Waals surface area contributed by atoms with E-state index in [1.54, 1.807) is 19.2 Å². The van der Waals surface area contributed by atoms with Crippen LogP contribution in [0.25, 0.3) is 0 Å². The third-order valence-electron chi connectivity index (χ3n) is 3.82. The second-order valence-electron chi connectivity index (χ2n) is 5.62. The summed E-state index contributed by atoms with van der Waals surface area (Å²) in [7, 11) is 1.67. The Bertz CT molecular complexity index is 527. The van der Waals surface area contributed by atoms with Crippen LogP contribution in [0.2, 0.25) is 0 Å². The maximum Gasteiger partial charge on any atom is 0.261 e. The molecule has 21 heavy (non-hydrogen) atoms. The number of methoxy groups -OCH3 is 1. The molecule has 0 aliphatic carbocycles. The van der Waals surface area contributed by atoms with Crippen molar-refractivity contribution in [1.29, 1.82) is 0 Å². The topological polar surface area (TPSA) is 58.6 Å². The van der Waals surface area contributed by atoms with Gasteiger partial charge >= 0.3 is 0 Å². The summed E-state index contributed by atoms with van der Waals surface area (Å²) in [6, 6.07) is 3.81. The van der Waals surface area contributed by atoms with Gasteiger partial charge in [-0.15, -0.1) is 11.3 Å². The average Bonchev–Trinajstić information content (AvgIpc) is 3.05. The lowest BCUT2D eigenvalue weighted by Gasteiger charge is -2.19. The van der Waals surface area contributed by atoms with Crippen LogP contribution >= 0.6 is 11.3 Å². The summed E-state index contributed by atoms with van der Waals surface area (Å²) < 4.78 is 5.48. The number of carbonyl (C=O) groups excluding carboxylic acids is 2. The van der Waals surface area contributed by atoms with Gasteiger partial charge in [-0.25, -0.2) is 0 Å². The minimum absolute atomic E-state index is 0.00332. The molecule has 2 heterocycles. The van der Waals surface area contributed by atoms with E-state index in [-0.39, 0.29) is 23.8 Å². The maximum atomic E-state index is 12.3. The Morgan fingerprint density at radius 1 is 1.33 bits per heavy atom. The summed E-state index contributed by atoms with van der Waals surface area (Å²) in [6.07, 6.45) is 0.00332. The summed E-state index contributed by atoms with van der Waals surface area (Å²) in [5, 5.41) is 3.03. The second-order valence-corrected chi connectivity index (χ2v) is 6.71. The van der Waals surface area contributed by atoms with E-state index in [2.05, 4.69) is 24.1 Å². The van der Waals surface area contributed by atoms with E-state index in [1.807, 2.05) is 0 Å². The lowest BCUT2D eigenvalue weighted by Crippen LogP contribution is -2.43. The summed E-state index contributed by atoms with van der Waals surface area (Å²) >= 11 is 1.23. The van der Waals surface area contributed by atoms with Gasteiger partial charge in [-0.1, -0.05) is 0 Å². The number of rotatable bonds is 5. The van der Waals surface area contributed by atoms with Gasteiger partial charge in [0.05, 0.1) is 21.9 Å². The van der Waals surface area contributed by atoms with Gasteiger partial charge in [0.15, 0.2) is 5.78 Å². The summed E-state index contributed by atoms with van der Waals surface area (Å²) in [5.74, 6) is -0.147. The molecule has 0 radical (unpaired) electrons. The van der Waals surface area contributed by atoms with E-state index in [0.717, 1.165) is 13.1 Å². The molecule has 2 rings (SSSR count). The standard InChI is InChI=1S/C15H22N2O3S/c1-9(2)17-7-11(12(8-17)20-4)16-15(19)14-6-5-13(21-14)10(3)18/h5-6,9,11-12H,7-8H2,1-4H3,(H,16,19)/t11-,12-/m0/s1. The van der Waals surface area contributed by atoms with Gasteiger partial charge in [0.25, 0.3) is 5.91 Å². The van der Waals surface area contributed by atoms with Gasteiger partial charge in [0.1, 0.15) is 0 Å². The number of nitrogens with zero attached hydrogens (tertiary/aromatic N) is 1. The highest BCUT2D eigenvalue weighted by molar-refractivity contribution is 7.15. The number of hydrogen-bond acceptors (Lipinski definition) is 5. The van der Waals surface area contributed by atoms with Crippen LogP contribution in [0.4, 0.5) is 0 Å². The highest BCUT2D eigenvalue weighted by atomic mass is 32.1. The fourth-order valence-corrected chi connectivity index (χ4v) is 3.30. The number of ether oxygens (including phenoxy) is 1. The first-order chi connectivity index (χ1) is 9.92. The molecule has 0 aromatic carbocycles. The first kappa shape index (κ1) is 16.1. The molecule has 5 nitrogen and oxygen atoms in total. The second kappa shape index (κ2) is 6.68. The van der Waals surface area contributed by atoms with Crippen LogP contribution in [0, 0.1) is 0 Å². The molecule has 1 aliphatic rings. The van der Waals surface area contributed by atoms with Crippen LogP contribution in [0.15, 0.2) is 12.1 Å². The minimum Gasteiger partial charge on any atom is -0.378 e. The fraction of sp³-hybridized carbons (Fsp3) is 0.600. The lowest BCUT2D eigenvalue weighted by molar-refractivity contribution is 0.0755. The van der Waals surface area contributed by atoms with Crippen LogP contribution in [0.1, 0.15) is 40.1 Å². The van der Waals surface area contributed by atoms with Crippen molar-refractivity contribution in [3.8, 4) is 0 Å². The van der Waals surface area contributed by atoms with Crippen molar-refractivity contribution in [2.24, 2.45) is 0 Å². The molecule has 0 saturated carbocycles. The number of ketones is 1. The third-order valence-corrected chi connectivity index (χ3v) is 5.01. The van der Waals surface area contributed by atoms with Gasteiger partial charge in [0, 0.05) is 26.2 Å². The molecule has 1 saturated heterocycles. The largest absolute Gasteiger partial charge is 0.378 e. The Morgan fingerprint density at radius 3 is 2.52 bits per heavy atom. The fourth-order valence-electron chi connectivity index (χ4n) is 2.49. The number of hydrogen-bond donors (Lipinski definition) is 1. The van der Waals surface area contributed by atoms with Crippen molar-refractivity contribution < 1.29 is 14.3 Å². The Balaban J connectivity index is 2.02. The number of Topliss-reactive ketones (excluding diaryl/α,β-unsaturated/α-hetero) is 1. The van der Waals surface area contributed by atoms with Crippen LogP contribution < -0.4 is 5.32 Å². The molecule has 1 aliphatic heterocycles. The van der Waals surface area contributed by atoms with Crippen molar-refractivity contribution >= 4 is 23.0 Å². The lowest BCUT2D eigenvalue weighted by atomic mass is 10.2. The number of amides is 1. The Morgan fingerprint density at radius 2 is 2.00 bits per heavy atom. The van der Waals surface area contributed by atoms with E-state index in [4.69, 9.17) is 4.74 Å². The minimum atomic E-state index is -0.134. The molecule has 0 unspecified atom stereocenters. The van der Waals surface area contributed by atoms with Gasteiger partial charge in [-0.05, 0) is 32.9 Å². The van der Waals surface area contributed by atoms with Crippen molar-refractivity contribution in [3.05, 3.63) is 21.9 Å². The van der Waals surface area contributed by atoms with Gasteiger partial charge in [0.2, 0.25) is 0 Å². The monoisotopic (exact) mass is 310 g/mol. The van der Waals surface area contributed by atoms with Crippen LogP contribution in [0.3, 0.4) is 0 Å². The molecule has 1 aromatic heterocycles. The Kier molecular flexibility index (Phi) is 5.13. The molecular formula is C15H22N2O3S. The van der Waals surface area contributed by atoms with Crippen molar-refractivity contribution in [2.45, 2.75) is 39.0 Å². The van der Waals surface area contributed by atoms with Crippen LogP contribution in [-0.4, -0.2) is 55.0 Å².